The van der Waals surface area contributed by atoms with Gasteiger partial charge in [0.1, 0.15) is 6.04 Å². The molecule has 0 aliphatic heterocycles. The van der Waals surface area contributed by atoms with Crippen molar-refractivity contribution in [3.8, 4) is 0 Å². The Morgan fingerprint density at radius 3 is 3.00 bits per heavy atom. The smallest absolute Gasteiger partial charge is 0.321 e. The van der Waals surface area contributed by atoms with Crippen LogP contribution < -0.4 is 11.1 Å². The van der Waals surface area contributed by atoms with Crippen LogP contribution in [0.3, 0.4) is 0 Å². The van der Waals surface area contributed by atoms with Crippen LogP contribution in [0.15, 0.2) is 0 Å². The topological polar surface area (TPSA) is 75.3 Å². The number of hydrogen-bond acceptors (Lipinski definition) is 3. The summed E-state index contributed by atoms with van der Waals surface area (Å²) in [4.78, 5) is 10.4. The van der Waals surface area contributed by atoms with Gasteiger partial charge in [-0.3, -0.25) is 4.79 Å². The van der Waals surface area contributed by atoms with Gasteiger partial charge in [-0.05, 0) is 18.8 Å². The van der Waals surface area contributed by atoms with Gasteiger partial charge < -0.3 is 16.2 Å². The van der Waals surface area contributed by atoms with Crippen LogP contribution in [0.4, 0.5) is 0 Å². The van der Waals surface area contributed by atoms with Crippen LogP contribution in [0.2, 0.25) is 0 Å². The second-order valence-corrected chi connectivity index (χ2v) is 3.74. The van der Waals surface area contributed by atoms with E-state index in [1.54, 1.807) is 0 Å². The summed E-state index contributed by atoms with van der Waals surface area (Å²) in [7, 11) is 0. The summed E-state index contributed by atoms with van der Waals surface area (Å²) >= 11 is 0. The van der Waals surface area contributed by atoms with E-state index in [2.05, 4.69) is 12.2 Å². The number of carboxylic acids is 1. The van der Waals surface area contributed by atoms with Gasteiger partial charge in [0.15, 0.2) is 0 Å². The van der Waals surface area contributed by atoms with Crippen LogP contribution >= 0.6 is 0 Å². The van der Waals surface area contributed by atoms with E-state index < -0.39 is 12.0 Å². The Hall–Kier alpha value is -0.610. The Bertz CT molecular complexity index is 184. The maximum atomic E-state index is 10.4. The van der Waals surface area contributed by atoms with Crippen LogP contribution in [0.1, 0.15) is 26.2 Å². The molecule has 0 aromatic heterocycles. The van der Waals surface area contributed by atoms with Crippen LogP contribution in [-0.4, -0.2) is 29.7 Å². The van der Waals surface area contributed by atoms with Crippen molar-refractivity contribution in [3.63, 3.8) is 0 Å². The molecule has 0 heterocycles. The minimum atomic E-state index is -0.930. The fourth-order valence-electron chi connectivity index (χ4n) is 1.55. The zero-order chi connectivity index (χ0) is 9.84. The molecule has 0 amide bonds. The predicted octanol–water partition coefficient (Wildman–Crippen LogP) is 0.177. The summed E-state index contributed by atoms with van der Waals surface area (Å²) in [6.07, 6.45) is 3.62. The van der Waals surface area contributed by atoms with E-state index >= 15 is 0 Å². The maximum absolute atomic E-state index is 10.4. The second kappa shape index (κ2) is 4.58. The molecule has 1 aliphatic rings. The van der Waals surface area contributed by atoms with Gasteiger partial charge >= 0.3 is 5.97 Å². The molecule has 0 saturated heterocycles. The molecule has 1 fully saturated rings. The Kier molecular flexibility index (Phi) is 3.69. The van der Waals surface area contributed by atoms with Crippen molar-refractivity contribution in [3.05, 3.63) is 0 Å². The lowest BCUT2D eigenvalue weighted by Crippen LogP contribution is -2.41. The number of rotatable bonds is 6. The summed E-state index contributed by atoms with van der Waals surface area (Å²) in [6.45, 7) is 2.55. The van der Waals surface area contributed by atoms with Gasteiger partial charge in [-0.25, -0.2) is 0 Å². The number of carboxylic acid groups (broad SMARTS) is 1. The summed E-state index contributed by atoms with van der Waals surface area (Å²) in [5.41, 5.74) is 5.35. The Morgan fingerprint density at radius 1 is 1.77 bits per heavy atom. The maximum Gasteiger partial charge on any atom is 0.321 e. The van der Waals surface area contributed by atoms with Gasteiger partial charge in [-0.15, -0.1) is 0 Å². The van der Waals surface area contributed by atoms with Gasteiger partial charge in [0.2, 0.25) is 0 Å². The Morgan fingerprint density at radius 2 is 2.46 bits per heavy atom. The molecule has 1 saturated carbocycles. The molecule has 1 rings (SSSR count). The van der Waals surface area contributed by atoms with E-state index in [0.29, 0.717) is 12.6 Å². The molecule has 76 valence electrons. The molecule has 0 bridgehead atoms. The summed E-state index contributed by atoms with van der Waals surface area (Å²) in [5, 5.41) is 11.7. The van der Waals surface area contributed by atoms with E-state index in [0.717, 1.165) is 5.92 Å². The number of hydrogen-bond donors (Lipinski definition) is 3. The first-order valence-electron chi connectivity index (χ1n) is 4.87. The molecule has 0 spiro atoms. The van der Waals surface area contributed by atoms with E-state index in [-0.39, 0.29) is 0 Å². The minimum absolute atomic E-state index is 0.389. The molecule has 0 aromatic carbocycles. The highest BCUT2D eigenvalue weighted by atomic mass is 16.4. The van der Waals surface area contributed by atoms with E-state index in [1.807, 2.05) is 0 Å². The highest BCUT2D eigenvalue weighted by molar-refractivity contribution is 5.73. The second-order valence-electron chi connectivity index (χ2n) is 3.74. The fourth-order valence-corrected chi connectivity index (χ4v) is 1.55. The highest BCUT2D eigenvalue weighted by Crippen LogP contribution is 2.34. The van der Waals surface area contributed by atoms with E-state index in [9.17, 15) is 4.79 Å². The monoisotopic (exact) mass is 186 g/mol. The molecule has 3 unspecified atom stereocenters. The fraction of sp³-hybridized carbons (Fsp3) is 0.889. The van der Waals surface area contributed by atoms with Crippen LogP contribution in [0.5, 0.6) is 0 Å². The third-order valence-corrected chi connectivity index (χ3v) is 2.50. The van der Waals surface area contributed by atoms with Crippen molar-refractivity contribution in [2.75, 3.05) is 6.54 Å². The average Bonchev–Trinajstić information content (AvgIpc) is 2.80. The minimum Gasteiger partial charge on any atom is -0.480 e. The normalized spacial score (nSPS) is 28.5. The molecule has 3 atom stereocenters. The van der Waals surface area contributed by atoms with Crippen LogP contribution in [-0.2, 0) is 4.79 Å². The molecule has 1 aliphatic carbocycles. The molecule has 4 nitrogen and oxygen atoms in total. The first-order chi connectivity index (χ1) is 6.15. The van der Waals surface area contributed by atoms with Crippen molar-refractivity contribution in [2.24, 2.45) is 11.7 Å². The number of aliphatic carboxylic acids is 1. The van der Waals surface area contributed by atoms with Gasteiger partial charge in [0, 0.05) is 12.6 Å². The summed E-state index contributed by atoms with van der Waals surface area (Å²) in [6, 6.07) is -0.242. The van der Waals surface area contributed by atoms with Gasteiger partial charge in [0.25, 0.3) is 0 Å². The van der Waals surface area contributed by atoms with Gasteiger partial charge in [-0.1, -0.05) is 13.3 Å². The first-order valence-corrected chi connectivity index (χ1v) is 4.87. The quantitative estimate of drug-likeness (QED) is 0.553. The van der Waals surface area contributed by atoms with Crippen molar-refractivity contribution < 1.29 is 9.90 Å². The predicted molar refractivity (Wildman–Crippen MR) is 50.4 cm³/mol. The molecule has 4 heteroatoms. The molecule has 0 radical (unpaired) electrons. The highest BCUT2D eigenvalue weighted by Gasteiger charge is 2.35. The number of carbonyl (C=O) groups is 1. The third-order valence-electron chi connectivity index (χ3n) is 2.50. The molecule has 13 heavy (non-hydrogen) atoms. The molecular weight excluding hydrogens is 168 g/mol. The molecular formula is C9H18N2O2. The van der Waals surface area contributed by atoms with Crippen molar-refractivity contribution in [1.82, 2.24) is 5.32 Å². The lowest BCUT2D eigenvalue weighted by atomic mass is 10.2. The zero-order valence-corrected chi connectivity index (χ0v) is 7.99. The van der Waals surface area contributed by atoms with Crippen LogP contribution in [0.25, 0.3) is 0 Å². The van der Waals surface area contributed by atoms with Crippen molar-refractivity contribution in [2.45, 2.75) is 38.3 Å². The SMILES string of the molecule is CCCC1CC1NCC(N)C(=O)O. The lowest BCUT2D eigenvalue weighted by molar-refractivity contribution is -0.138. The standard InChI is InChI=1S/C9H18N2O2/c1-2-3-6-4-8(6)11-5-7(10)9(12)13/h6-8,11H,2-5,10H2,1H3,(H,12,13). The Labute approximate surface area is 78.5 Å². The van der Waals surface area contributed by atoms with Crippen LogP contribution in [0, 0.1) is 5.92 Å². The lowest BCUT2D eigenvalue weighted by Gasteiger charge is -2.07. The number of nitrogens with two attached hydrogens (primary N) is 1. The van der Waals surface area contributed by atoms with Crippen molar-refractivity contribution in [1.29, 1.82) is 0 Å². The number of nitrogens with one attached hydrogen (secondary N) is 1. The van der Waals surface area contributed by atoms with Gasteiger partial charge in [-0.2, -0.15) is 0 Å². The molecule has 0 aromatic rings. The summed E-state index contributed by atoms with van der Waals surface area (Å²) < 4.78 is 0. The molecule has 4 N–H and O–H groups in total. The average molecular weight is 186 g/mol. The van der Waals surface area contributed by atoms with E-state index in [4.69, 9.17) is 10.8 Å². The summed E-state index contributed by atoms with van der Waals surface area (Å²) in [5.74, 6) is -0.175. The largest absolute Gasteiger partial charge is 0.480 e. The first kappa shape index (κ1) is 10.5. The third kappa shape index (κ3) is 3.32. The van der Waals surface area contributed by atoms with E-state index in [1.165, 1.54) is 19.3 Å². The van der Waals surface area contributed by atoms with Crippen molar-refractivity contribution >= 4 is 5.97 Å². The van der Waals surface area contributed by atoms with Gasteiger partial charge in [0.05, 0.1) is 0 Å². The zero-order valence-electron chi connectivity index (χ0n) is 7.99. The Balaban J connectivity index is 2.05.